The van der Waals surface area contributed by atoms with E-state index < -0.39 is 0 Å². The molecule has 3 aromatic heterocycles. The maximum absolute atomic E-state index is 11.7. The third-order valence-electron chi connectivity index (χ3n) is 2.69. The largest absolute Gasteiger partial charge is 0.459 e. The van der Waals surface area contributed by atoms with Crippen LogP contribution in [-0.4, -0.2) is 26.9 Å². The Labute approximate surface area is 140 Å². The Morgan fingerprint density at radius 1 is 1.43 bits per heavy atom. The number of aromatic nitrogens is 3. The highest BCUT2D eigenvalue weighted by Gasteiger charge is 2.12. The van der Waals surface area contributed by atoms with Gasteiger partial charge in [-0.15, -0.1) is 33.3 Å². The van der Waals surface area contributed by atoms with Crippen LogP contribution in [0.25, 0.3) is 11.7 Å². The molecule has 0 saturated carbocycles. The Bertz CT molecular complexity index is 767. The van der Waals surface area contributed by atoms with Crippen molar-refractivity contribution in [2.24, 2.45) is 0 Å². The monoisotopic (exact) mass is 351 g/mol. The highest BCUT2D eigenvalue weighted by molar-refractivity contribution is 7.99. The van der Waals surface area contributed by atoms with Gasteiger partial charge >= 0.3 is 5.97 Å². The lowest BCUT2D eigenvalue weighted by molar-refractivity contribution is -0.142. The normalized spacial score (nSPS) is 10.8. The Morgan fingerprint density at radius 2 is 2.35 bits per heavy atom. The molecule has 3 rings (SSSR count). The summed E-state index contributed by atoms with van der Waals surface area (Å²) in [5.74, 6) is 1.56. The Balaban J connectivity index is 1.40. The van der Waals surface area contributed by atoms with Gasteiger partial charge in [-0.3, -0.25) is 4.79 Å². The van der Waals surface area contributed by atoms with Crippen molar-refractivity contribution >= 4 is 29.1 Å². The lowest BCUT2D eigenvalue weighted by atomic mass is 10.5. The molecule has 0 N–H and O–H groups in total. The standard InChI is InChI=1S/C14H13N3O4S2/c1-9-15-10(7-23-9)6-22-8-13(18)20-5-12-16-17-14(21-12)11-3-2-4-19-11/h2-4,7H,5-6,8H2,1H3. The summed E-state index contributed by atoms with van der Waals surface area (Å²) < 4.78 is 15.6. The van der Waals surface area contributed by atoms with Crippen LogP contribution < -0.4 is 0 Å². The second-order valence-electron chi connectivity index (χ2n) is 4.49. The van der Waals surface area contributed by atoms with E-state index in [0.29, 0.717) is 11.5 Å². The summed E-state index contributed by atoms with van der Waals surface area (Å²) >= 11 is 3.05. The zero-order valence-electron chi connectivity index (χ0n) is 12.2. The van der Waals surface area contributed by atoms with E-state index in [-0.39, 0.29) is 30.1 Å². The number of hydrogen-bond donors (Lipinski definition) is 0. The van der Waals surface area contributed by atoms with E-state index in [9.17, 15) is 4.79 Å². The number of carbonyl (C=O) groups is 1. The van der Waals surface area contributed by atoms with E-state index in [4.69, 9.17) is 13.6 Å². The molecule has 0 bridgehead atoms. The van der Waals surface area contributed by atoms with Gasteiger partial charge in [-0.05, 0) is 19.1 Å². The predicted molar refractivity (Wildman–Crippen MR) is 84.8 cm³/mol. The zero-order valence-corrected chi connectivity index (χ0v) is 13.9. The summed E-state index contributed by atoms with van der Waals surface area (Å²) in [4.78, 5) is 16.0. The highest BCUT2D eigenvalue weighted by Crippen LogP contribution is 2.18. The third-order valence-corrected chi connectivity index (χ3v) is 4.45. The van der Waals surface area contributed by atoms with Gasteiger partial charge in [0.1, 0.15) is 0 Å². The first-order chi connectivity index (χ1) is 11.2. The molecule has 0 saturated heterocycles. The van der Waals surface area contributed by atoms with Crippen molar-refractivity contribution < 1.29 is 18.4 Å². The number of esters is 1. The average Bonchev–Trinajstić information content (AvgIpc) is 3.26. The van der Waals surface area contributed by atoms with Gasteiger partial charge < -0.3 is 13.6 Å². The van der Waals surface area contributed by atoms with E-state index in [1.807, 2.05) is 12.3 Å². The maximum Gasteiger partial charge on any atom is 0.316 e. The number of aryl methyl sites for hydroxylation is 1. The average molecular weight is 351 g/mol. The number of hydrogen-bond acceptors (Lipinski definition) is 9. The van der Waals surface area contributed by atoms with Crippen molar-refractivity contribution in [3.63, 3.8) is 0 Å². The van der Waals surface area contributed by atoms with Crippen molar-refractivity contribution in [3.05, 3.63) is 40.4 Å². The number of ether oxygens (including phenoxy) is 1. The number of rotatable bonds is 7. The first-order valence-corrected chi connectivity index (χ1v) is 8.75. The van der Waals surface area contributed by atoms with Gasteiger partial charge in [0.05, 0.1) is 22.7 Å². The summed E-state index contributed by atoms with van der Waals surface area (Å²) in [5, 5.41) is 10.6. The number of nitrogens with zero attached hydrogens (tertiary/aromatic N) is 3. The summed E-state index contributed by atoms with van der Waals surface area (Å²) in [6.45, 7) is 1.90. The van der Waals surface area contributed by atoms with Crippen LogP contribution in [0.2, 0.25) is 0 Å². The number of carbonyl (C=O) groups excluding carboxylic acids is 1. The second kappa shape index (κ2) is 7.42. The number of thiazole rings is 1. The van der Waals surface area contributed by atoms with Gasteiger partial charge in [0, 0.05) is 11.1 Å². The Morgan fingerprint density at radius 3 is 3.09 bits per heavy atom. The first-order valence-electron chi connectivity index (χ1n) is 6.71. The van der Waals surface area contributed by atoms with Crippen LogP contribution >= 0.6 is 23.1 Å². The minimum atomic E-state index is -0.334. The molecule has 0 aliphatic rings. The van der Waals surface area contributed by atoms with Gasteiger partial charge in [-0.2, -0.15) is 0 Å². The maximum atomic E-state index is 11.7. The molecule has 23 heavy (non-hydrogen) atoms. The van der Waals surface area contributed by atoms with Gasteiger partial charge in [0.15, 0.2) is 12.4 Å². The van der Waals surface area contributed by atoms with Gasteiger partial charge in [-0.1, -0.05) is 0 Å². The van der Waals surface area contributed by atoms with Crippen LogP contribution in [0.4, 0.5) is 0 Å². The Hall–Kier alpha value is -2.13. The van der Waals surface area contributed by atoms with E-state index >= 15 is 0 Å². The molecule has 0 amide bonds. The third kappa shape index (κ3) is 4.42. The minimum absolute atomic E-state index is 0.0527. The molecule has 0 radical (unpaired) electrons. The van der Waals surface area contributed by atoms with Crippen molar-refractivity contribution in [1.29, 1.82) is 0 Å². The molecular formula is C14H13N3O4S2. The molecular weight excluding hydrogens is 338 g/mol. The van der Waals surface area contributed by atoms with E-state index in [2.05, 4.69) is 15.2 Å². The fourth-order valence-corrected chi connectivity index (χ4v) is 3.14. The van der Waals surface area contributed by atoms with Gasteiger partial charge in [0.2, 0.25) is 0 Å². The number of thioether (sulfide) groups is 1. The highest BCUT2D eigenvalue weighted by atomic mass is 32.2. The zero-order chi connectivity index (χ0) is 16.1. The van der Waals surface area contributed by atoms with Crippen LogP contribution in [0.3, 0.4) is 0 Å². The first kappa shape index (κ1) is 15.8. The van der Waals surface area contributed by atoms with Crippen LogP contribution in [0, 0.1) is 6.92 Å². The van der Waals surface area contributed by atoms with Crippen LogP contribution in [-0.2, 0) is 21.9 Å². The fourth-order valence-electron chi connectivity index (χ4n) is 1.71. The van der Waals surface area contributed by atoms with Crippen LogP contribution in [0.5, 0.6) is 0 Å². The molecule has 3 aromatic rings. The summed E-state index contributed by atoms with van der Waals surface area (Å²) in [7, 11) is 0. The van der Waals surface area contributed by atoms with E-state index in [1.54, 1.807) is 23.5 Å². The van der Waals surface area contributed by atoms with Gasteiger partial charge in [0.25, 0.3) is 11.8 Å². The van der Waals surface area contributed by atoms with Crippen LogP contribution in [0.15, 0.2) is 32.6 Å². The predicted octanol–water partition coefficient (Wildman–Crippen LogP) is 3.07. The summed E-state index contributed by atoms with van der Waals surface area (Å²) in [6, 6.07) is 3.43. The smallest absolute Gasteiger partial charge is 0.316 e. The van der Waals surface area contributed by atoms with Crippen molar-refractivity contribution in [1.82, 2.24) is 15.2 Å². The fraction of sp³-hybridized carbons (Fsp3) is 0.286. The molecule has 0 aliphatic carbocycles. The minimum Gasteiger partial charge on any atom is -0.459 e. The molecule has 0 aliphatic heterocycles. The topological polar surface area (TPSA) is 91.2 Å². The van der Waals surface area contributed by atoms with E-state index in [1.165, 1.54) is 18.0 Å². The SMILES string of the molecule is Cc1nc(CSCC(=O)OCc2nnc(-c3ccco3)o2)cs1. The summed E-state index contributed by atoms with van der Waals surface area (Å²) in [5.41, 5.74) is 0.977. The molecule has 0 fully saturated rings. The summed E-state index contributed by atoms with van der Waals surface area (Å²) in [6.07, 6.45) is 1.51. The molecule has 3 heterocycles. The van der Waals surface area contributed by atoms with Crippen molar-refractivity contribution in [3.8, 4) is 11.7 Å². The molecule has 0 aromatic carbocycles. The number of furan rings is 1. The molecule has 7 nitrogen and oxygen atoms in total. The van der Waals surface area contributed by atoms with Crippen LogP contribution in [0.1, 0.15) is 16.6 Å². The van der Waals surface area contributed by atoms with Crippen molar-refractivity contribution in [2.45, 2.75) is 19.3 Å². The second-order valence-corrected chi connectivity index (χ2v) is 6.54. The van der Waals surface area contributed by atoms with Crippen molar-refractivity contribution in [2.75, 3.05) is 5.75 Å². The quantitative estimate of drug-likeness (QED) is 0.600. The van der Waals surface area contributed by atoms with E-state index in [0.717, 1.165) is 10.7 Å². The molecule has 0 unspecified atom stereocenters. The lowest BCUT2D eigenvalue weighted by Crippen LogP contribution is -2.07. The molecule has 120 valence electrons. The lowest BCUT2D eigenvalue weighted by Gasteiger charge is -2.01. The molecule has 0 atom stereocenters. The molecule has 9 heteroatoms. The Kier molecular flexibility index (Phi) is 5.09. The van der Waals surface area contributed by atoms with Gasteiger partial charge in [-0.25, -0.2) is 4.98 Å². The molecule has 0 spiro atoms.